The zero-order valence-corrected chi connectivity index (χ0v) is 12.3. The molecule has 0 unspecified atom stereocenters. The molecule has 2 rings (SSSR count). The minimum Gasteiger partial charge on any atom is -0.313 e. The van der Waals surface area contributed by atoms with Crippen LogP contribution < -0.4 is 5.32 Å². The maximum absolute atomic E-state index is 4.08. The van der Waals surface area contributed by atoms with E-state index in [1.807, 2.05) is 0 Å². The quantitative estimate of drug-likeness (QED) is 0.821. The molecule has 1 aromatic heterocycles. The van der Waals surface area contributed by atoms with Gasteiger partial charge in [-0.15, -0.1) is 10.2 Å². The van der Waals surface area contributed by atoms with Crippen LogP contribution in [0.3, 0.4) is 0 Å². The van der Waals surface area contributed by atoms with E-state index in [-0.39, 0.29) is 0 Å². The molecule has 3 nitrogen and oxygen atoms in total. The second-order valence-electron chi connectivity index (χ2n) is 4.09. The van der Waals surface area contributed by atoms with Crippen molar-refractivity contribution in [1.29, 1.82) is 0 Å². The highest BCUT2D eigenvalue weighted by Crippen LogP contribution is 2.31. The number of aryl methyl sites for hydroxylation is 1. The van der Waals surface area contributed by atoms with Gasteiger partial charge in [0.15, 0.2) is 4.34 Å². The number of hydrogen-bond acceptors (Lipinski definition) is 5. The van der Waals surface area contributed by atoms with Crippen molar-refractivity contribution in [2.45, 2.75) is 36.0 Å². The average Bonchev–Trinajstić information content (AvgIpc) is 2.86. The van der Waals surface area contributed by atoms with Crippen molar-refractivity contribution in [1.82, 2.24) is 15.5 Å². The summed E-state index contributed by atoms with van der Waals surface area (Å²) < 4.78 is 0.996. The molecule has 96 valence electrons. The fourth-order valence-electron chi connectivity index (χ4n) is 1.65. The summed E-state index contributed by atoms with van der Waals surface area (Å²) >= 11 is 3.27. The van der Waals surface area contributed by atoms with Crippen LogP contribution in [-0.4, -0.2) is 16.7 Å². The Bertz CT molecular complexity index is 483. The highest BCUT2D eigenvalue weighted by atomic mass is 32.2. The first-order valence-electron chi connectivity index (χ1n) is 6.04. The van der Waals surface area contributed by atoms with Crippen LogP contribution in [0.1, 0.15) is 24.5 Å². The van der Waals surface area contributed by atoms with Gasteiger partial charge in [-0.1, -0.05) is 47.7 Å². The van der Waals surface area contributed by atoms with Gasteiger partial charge in [0, 0.05) is 11.4 Å². The second-order valence-corrected chi connectivity index (χ2v) is 6.22. The number of aromatic nitrogens is 2. The highest BCUT2D eigenvalue weighted by Gasteiger charge is 2.06. The van der Waals surface area contributed by atoms with E-state index in [0.29, 0.717) is 0 Å². The van der Waals surface area contributed by atoms with Crippen LogP contribution in [0.4, 0.5) is 0 Å². The first-order chi connectivity index (χ1) is 8.79. The van der Waals surface area contributed by atoms with Gasteiger partial charge in [0.2, 0.25) is 0 Å². The molecule has 1 heterocycles. The molecule has 0 fully saturated rings. The van der Waals surface area contributed by atoms with Crippen molar-refractivity contribution in [2.75, 3.05) is 6.54 Å². The summed E-state index contributed by atoms with van der Waals surface area (Å²) in [5.74, 6) is 0. The van der Waals surface area contributed by atoms with Crippen LogP contribution in [-0.2, 0) is 6.54 Å². The topological polar surface area (TPSA) is 37.8 Å². The lowest BCUT2D eigenvalue weighted by atomic mass is 10.1. The van der Waals surface area contributed by atoms with E-state index >= 15 is 0 Å². The van der Waals surface area contributed by atoms with Crippen LogP contribution in [0.5, 0.6) is 0 Å². The van der Waals surface area contributed by atoms with Gasteiger partial charge in [-0.25, -0.2) is 0 Å². The van der Waals surface area contributed by atoms with Crippen LogP contribution in [0, 0.1) is 6.92 Å². The first-order valence-corrected chi connectivity index (χ1v) is 7.73. The molecule has 1 N–H and O–H groups in total. The van der Waals surface area contributed by atoms with Crippen molar-refractivity contribution < 1.29 is 0 Å². The van der Waals surface area contributed by atoms with Crippen molar-refractivity contribution in [3.63, 3.8) is 0 Å². The Balaban J connectivity index is 2.12. The van der Waals surface area contributed by atoms with Gasteiger partial charge in [-0.05, 0) is 31.5 Å². The predicted octanol–water partition coefficient (Wildman–Crippen LogP) is 3.50. The van der Waals surface area contributed by atoms with E-state index in [4.69, 9.17) is 0 Å². The molecule has 1 aromatic carbocycles. The summed E-state index contributed by atoms with van der Waals surface area (Å²) in [5, 5.41) is 11.4. The molecule has 0 aliphatic heterocycles. The van der Waals surface area contributed by atoms with Gasteiger partial charge in [0.25, 0.3) is 0 Å². The third kappa shape index (κ3) is 3.80. The molecule has 0 radical (unpaired) electrons. The van der Waals surface area contributed by atoms with Gasteiger partial charge >= 0.3 is 0 Å². The molecular formula is C13H17N3S2. The molecule has 0 bridgehead atoms. The zero-order valence-electron chi connectivity index (χ0n) is 10.6. The number of nitrogens with one attached hydrogen (secondary N) is 1. The van der Waals surface area contributed by atoms with E-state index in [1.54, 1.807) is 28.6 Å². The molecule has 0 aliphatic rings. The Labute approximate surface area is 116 Å². The monoisotopic (exact) mass is 279 g/mol. The molecule has 0 amide bonds. The molecule has 0 spiro atoms. The van der Waals surface area contributed by atoms with Crippen molar-refractivity contribution in [3.05, 3.63) is 34.8 Å². The largest absolute Gasteiger partial charge is 0.313 e. The molecule has 5 heteroatoms. The van der Waals surface area contributed by atoms with E-state index in [0.717, 1.165) is 23.8 Å². The van der Waals surface area contributed by atoms with Crippen LogP contribution in [0.2, 0.25) is 0 Å². The third-order valence-corrected chi connectivity index (χ3v) is 4.39. The number of benzene rings is 1. The summed E-state index contributed by atoms with van der Waals surface area (Å²) in [7, 11) is 0. The maximum Gasteiger partial charge on any atom is 0.178 e. The van der Waals surface area contributed by atoms with Gasteiger partial charge in [0.1, 0.15) is 5.51 Å². The Hall–Kier alpha value is -0.910. The fourth-order valence-corrected chi connectivity index (χ4v) is 3.19. The Kier molecular flexibility index (Phi) is 5.16. The fraction of sp³-hybridized carbons (Fsp3) is 0.385. The maximum atomic E-state index is 4.08. The summed E-state index contributed by atoms with van der Waals surface area (Å²) in [6.07, 6.45) is 1.16. The normalized spacial score (nSPS) is 10.8. The minimum absolute atomic E-state index is 0.913. The lowest BCUT2D eigenvalue weighted by Crippen LogP contribution is -2.14. The minimum atomic E-state index is 0.913. The van der Waals surface area contributed by atoms with Crippen molar-refractivity contribution in [3.8, 4) is 0 Å². The molecule has 18 heavy (non-hydrogen) atoms. The smallest absolute Gasteiger partial charge is 0.178 e. The molecule has 0 aliphatic carbocycles. The second kappa shape index (κ2) is 6.87. The first kappa shape index (κ1) is 13.5. The summed E-state index contributed by atoms with van der Waals surface area (Å²) in [6, 6.07) is 6.56. The van der Waals surface area contributed by atoms with Gasteiger partial charge < -0.3 is 5.32 Å². The SMILES string of the molecule is CCCNCc1cc(C)ccc1Sc1nncs1. The standard InChI is InChI=1S/C13H17N3S2/c1-3-6-14-8-11-7-10(2)4-5-12(11)18-13-16-15-9-17-13/h4-5,7,9,14H,3,6,8H2,1-2H3. The lowest BCUT2D eigenvalue weighted by molar-refractivity contribution is 0.669. The number of nitrogens with zero attached hydrogens (tertiary/aromatic N) is 2. The van der Waals surface area contributed by atoms with E-state index < -0.39 is 0 Å². The molecule has 0 saturated carbocycles. The summed E-state index contributed by atoms with van der Waals surface area (Å²) in [5.41, 5.74) is 4.40. The number of rotatable bonds is 6. The Morgan fingerprint density at radius 1 is 1.39 bits per heavy atom. The highest BCUT2D eigenvalue weighted by molar-refractivity contribution is 8.01. The van der Waals surface area contributed by atoms with Crippen molar-refractivity contribution in [2.24, 2.45) is 0 Å². The predicted molar refractivity (Wildman–Crippen MR) is 77.2 cm³/mol. The average molecular weight is 279 g/mol. The molecular weight excluding hydrogens is 262 g/mol. The van der Waals surface area contributed by atoms with Gasteiger partial charge in [-0.2, -0.15) is 0 Å². The van der Waals surface area contributed by atoms with Gasteiger partial charge in [-0.3, -0.25) is 0 Å². The van der Waals surface area contributed by atoms with E-state index in [2.05, 4.69) is 47.6 Å². The summed E-state index contributed by atoms with van der Waals surface area (Å²) in [4.78, 5) is 1.26. The molecule has 0 atom stereocenters. The summed E-state index contributed by atoms with van der Waals surface area (Å²) in [6.45, 7) is 6.27. The van der Waals surface area contributed by atoms with E-state index in [1.165, 1.54) is 16.0 Å². The van der Waals surface area contributed by atoms with Crippen LogP contribution in [0.25, 0.3) is 0 Å². The van der Waals surface area contributed by atoms with Gasteiger partial charge in [0.05, 0.1) is 0 Å². The Morgan fingerprint density at radius 2 is 2.28 bits per heavy atom. The van der Waals surface area contributed by atoms with Crippen LogP contribution >= 0.6 is 23.1 Å². The zero-order chi connectivity index (χ0) is 12.8. The molecule has 0 saturated heterocycles. The third-order valence-electron chi connectivity index (χ3n) is 2.50. The lowest BCUT2D eigenvalue weighted by Gasteiger charge is -2.09. The number of hydrogen-bond donors (Lipinski definition) is 1. The molecule has 2 aromatic rings. The van der Waals surface area contributed by atoms with Crippen LogP contribution in [0.15, 0.2) is 32.9 Å². The van der Waals surface area contributed by atoms with E-state index in [9.17, 15) is 0 Å². The Morgan fingerprint density at radius 3 is 3.00 bits per heavy atom. The van der Waals surface area contributed by atoms with Crippen molar-refractivity contribution >= 4 is 23.1 Å².